The molecule has 0 bridgehead atoms. The Labute approximate surface area is 175 Å². The molecule has 0 saturated carbocycles. The Morgan fingerprint density at radius 1 is 1.13 bits per heavy atom. The van der Waals surface area contributed by atoms with Crippen molar-refractivity contribution >= 4 is 17.6 Å². The van der Waals surface area contributed by atoms with Gasteiger partial charge in [-0.1, -0.05) is 18.2 Å². The lowest BCUT2D eigenvalue weighted by molar-refractivity contribution is 0.414. The summed E-state index contributed by atoms with van der Waals surface area (Å²) in [6.07, 6.45) is 4.65. The Morgan fingerprint density at radius 2 is 1.97 bits per heavy atom. The smallest absolute Gasteiger partial charge is 0.226 e. The fourth-order valence-corrected chi connectivity index (χ4v) is 4.08. The fourth-order valence-electron chi connectivity index (χ4n) is 4.08. The SMILES string of the molecule is COc1ccc(CN2CCC3NN(C)c4nc(NCc5cccnc5)nc2c43)cc1. The summed E-state index contributed by atoms with van der Waals surface area (Å²) in [6.45, 7) is 2.36. The zero-order valence-corrected chi connectivity index (χ0v) is 17.2. The average Bonchev–Trinajstić information content (AvgIpc) is 3.11. The van der Waals surface area contributed by atoms with Gasteiger partial charge in [0, 0.05) is 39.1 Å². The molecule has 0 radical (unpaired) electrons. The topological polar surface area (TPSA) is 78.4 Å². The number of ether oxygens (including phenoxy) is 1. The van der Waals surface area contributed by atoms with E-state index in [9.17, 15) is 0 Å². The predicted molar refractivity (Wildman–Crippen MR) is 117 cm³/mol. The Kier molecular flexibility index (Phi) is 4.84. The molecule has 30 heavy (non-hydrogen) atoms. The van der Waals surface area contributed by atoms with E-state index in [1.807, 2.05) is 42.5 Å². The first-order chi connectivity index (χ1) is 14.7. The number of hydrogen-bond acceptors (Lipinski definition) is 8. The summed E-state index contributed by atoms with van der Waals surface area (Å²) >= 11 is 0. The first-order valence-electron chi connectivity index (χ1n) is 10.1. The zero-order chi connectivity index (χ0) is 20.5. The predicted octanol–water partition coefficient (Wildman–Crippen LogP) is 2.90. The maximum Gasteiger partial charge on any atom is 0.226 e. The number of nitrogens with zero attached hydrogens (tertiary/aromatic N) is 5. The largest absolute Gasteiger partial charge is 0.497 e. The Balaban J connectivity index is 1.44. The molecule has 0 spiro atoms. The zero-order valence-electron chi connectivity index (χ0n) is 17.2. The minimum Gasteiger partial charge on any atom is -0.497 e. The Morgan fingerprint density at radius 3 is 2.73 bits per heavy atom. The van der Waals surface area contributed by atoms with E-state index in [0.717, 1.165) is 42.5 Å². The highest BCUT2D eigenvalue weighted by atomic mass is 16.5. The van der Waals surface area contributed by atoms with Gasteiger partial charge >= 0.3 is 0 Å². The van der Waals surface area contributed by atoms with Gasteiger partial charge in [0.05, 0.1) is 18.7 Å². The normalized spacial score (nSPS) is 17.1. The second kappa shape index (κ2) is 7.79. The third kappa shape index (κ3) is 3.50. The number of aromatic nitrogens is 3. The lowest BCUT2D eigenvalue weighted by Crippen LogP contribution is -2.36. The summed E-state index contributed by atoms with van der Waals surface area (Å²) in [5.74, 6) is 3.44. The van der Waals surface area contributed by atoms with Crippen LogP contribution in [0.15, 0.2) is 48.8 Å². The van der Waals surface area contributed by atoms with Crippen LogP contribution in [0, 0.1) is 0 Å². The fraction of sp³-hybridized carbons (Fsp3) is 0.318. The lowest BCUT2D eigenvalue weighted by atomic mass is 10.0. The standard InChI is InChI=1S/C22H25N7O/c1-28-20-19-18(27-28)9-11-29(14-15-5-7-17(30-2)8-6-15)21(19)26-22(25-20)24-13-16-4-3-10-23-12-16/h3-8,10,12,18,27H,9,11,13-14H2,1-2H3,(H,24,25,26). The number of rotatable bonds is 6. The molecule has 0 saturated heterocycles. The summed E-state index contributed by atoms with van der Waals surface area (Å²) in [6, 6.07) is 12.5. The van der Waals surface area contributed by atoms with Crippen LogP contribution < -0.4 is 25.4 Å². The van der Waals surface area contributed by atoms with Crippen molar-refractivity contribution in [3.05, 3.63) is 65.5 Å². The van der Waals surface area contributed by atoms with Gasteiger partial charge in [0.1, 0.15) is 11.6 Å². The Hall–Kier alpha value is -3.39. The molecule has 1 unspecified atom stereocenters. The van der Waals surface area contributed by atoms with Crippen molar-refractivity contribution in [3.8, 4) is 5.75 Å². The van der Waals surface area contributed by atoms with Crippen LogP contribution in [-0.2, 0) is 13.1 Å². The molecule has 2 N–H and O–H groups in total. The summed E-state index contributed by atoms with van der Waals surface area (Å²) < 4.78 is 5.28. The van der Waals surface area contributed by atoms with Crippen molar-refractivity contribution in [2.45, 2.75) is 25.6 Å². The second-order valence-electron chi connectivity index (χ2n) is 7.62. The van der Waals surface area contributed by atoms with Crippen LogP contribution in [0.25, 0.3) is 0 Å². The molecule has 3 aromatic rings. The Bertz CT molecular complexity index is 1030. The van der Waals surface area contributed by atoms with Crippen LogP contribution >= 0.6 is 0 Å². The van der Waals surface area contributed by atoms with Gasteiger partial charge in [-0.25, -0.2) is 5.43 Å². The third-order valence-electron chi connectivity index (χ3n) is 5.61. The molecule has 0 amide bonds. The number of pyridine rings is 1. The summed E-state index contributed by atoms with van der Waals surface area (Å²) in [5, 5.41) is 5.38. The van der Waals surface area contributed by atoms with E-state index in [2.05, 4.69) is 32.8 Å². The van der Waals surface area contributed by atoms with Crippen molar-refractivity contribution < 1.29 is 4.74 Å². The summed E-state index contributed by atoms with van der Waals surface area (Å²) in [5.41, 5.74) is 7.02. The number of benzene rings is 1. The summed E-state index contributed by atoms with van der Waals surface area (Å²) in [7, 11) is 3.70. The molecule has 2 aliphatic rings. The van der Waals surface area contributed by atoms with Gasteiger partial charge < -0.3 is 15.0 Å². The number of hydrazine groups is 1. The quantitative estimate of drug-likeness (QED) is 0.651. The van der Waals surface area contributed by atoms with Gasteiger partial charge in [-0.05, 0) is 35.7 Å². The van der Waals surface area contributed by atoms with E-state index < -0.39 is 0 Å². The van der Waals surface area contributed by atoms with Crippen molar-refractivity contribution in [2.75, 3.05) is 35.9 Å². The van der Waals surface area contributed by atoms with Crippen molar-refractivity contribution in [1.82, 2.24) is 20.4 Å². The molecule has 1 atom stereocenters. The van der Waals surface area contributed by atoms with Gasteiger partial charge in [0.2, 0.25) is 5.95 Å². The minimum atomic E-state index is 0.263. The molecular formula is C22H25N7O. The third-order valence-corrected chi connectivity index (χ3v) is 5.61. The molecule has 0 aliphatic carbocycles. The van der Waals surface area contributed by atoms with Gasteiger partial charge in [0.25, 0.3) is 0 Å². The van der Waals surface area contributed by atoms with Crippen LogP contribution in [0.2, 0.25) is 0 Å². The molecule has 8 heteroatoms. The van der Waals surface area contributed by atoms with Crippen molar-refractivity contribution in [2.24, 2.45) is 0 Å². The second-order valence-corrected chi connectivity index (χ2v) is 7.62. The number of methoxy groups -OCH3 is 1. The maximum atomic E-state index is 5.28. The number of anilines is 3. The number of hydrogen-bond donors (Lipinski definition) is 2. The number of nitrogens with one attached hydrogen (secondary N) is 2. The average molecular weight is 403 g/mol. The molecule has 2 aliphatic heterocycles. The van der Waals surface area contributed by atoms with Gasteiger partial charge in [-0.15, -0.1) is 0 Å². The van der Waals surface area contributed by atoms with Crippen LogP contribution in [0.4, 0.5) is 17.6 Å². The molecule has 4 heterocycles. The monoisotopic (exact) mass is 403 g/mol. The van der Waals surface area contributed by atoms with Crippen molar-refractivity contribution in [3.63, 3.8) is 0 Å². The van der Waals surface area contributed by atoms with Gasteiger partial charge in [-0.2, -0.15) is 9.97 Å². The lowest BCUT2D eigenvalue weighted by Gasteiger charge is -2.32. The van der Waals surface area contributed by atoms with Gasteiger partial charge in [0.15, 0.2) is 5.82 Å². The highest BCUT2D eigenvalue weighted by molar-refractivity contribution is 5.68. The highest BCUT2D eigenvalue weighted by Crippen LogP contribution is 2.43. The molecule has 2 aromatic heterocycles. The van der Waals surface area contributed by atoms with E-state index in [0.29, 0.717) is 12.5 Å². The molecule has 154 valence electrons. The first kappa shape index (κ1) is 18.6. The highest BCUT2D eigenvalue weighted by Gasteiger charge is 2.37. The van der Waals surface area contributed by atoms with E-state index in [-0.39, 0.29) is 6.04 Å². The molecule has 0 fully saturated rings. The molecular weight excluding hydrogens is 378 g/mol. The van der Waals surface area contributed by atoms with E-state index in [4.69, 9.17) is 14.7 Å². The van der Waals surface area contributed by atoms with Crippen LogP contribution in [0.1, 0.15) is 29.2 Å². The first-order valence-corrected chi connectivity index (χ1v) is 10.1. The van der Waals surface area contributed by atoms with E-state index in [1.165, 1.54) is 11.1 Å². The van der Waals surface area contributed by atoms with E-state index in [1.54, 1.807) is 13.3 Å². The minimum absolute atomic E-state index is 0.263. The molecule has 8 nitrogen and oxygen atoms in total. The molecule has 1 aromatic carbocycles. The van der Waals surface area contributed by atoms with Crippen LogP contribution in [0.5, 0.6) is 5.75 Å². The van der Waals surface area contributed by atoms with E-state index >= 15 is 0 Å². The van der Waals surface area contributed by atoms with Crippen molar-refractivity contribution in [1.29, 1.82) is 0 Å². The van der Waals surface area contributed by atoms with Gasteiger partial charge in [-0.3, -0.25) is 9.99 Å². The van der Waals surface area contributed by atoms with Crippen LogP contribution in [0.3, 0.4) is 0 Å². The maximum absolute atomic E-state index is 5.28. The van der Waals surface area contributed by atoms with Crippen LogP contribution in [-0.4, -0.2) is 35.7 Å². The summed E-state index contributed by atoms with van der Waals surface area (Å²) in [4.78, 5) is 16.2. The molecule has 5 rings (SSSR count).